The highest BCUT2D eigenvalue weighted by atomic mass is 32.2. The van der Waals surface area contributed by atoms with Crippen LogP contribution in [0.4, 0.5) is 0 Å². The smallest absolute Gasteiger partial charge is 0.264 e. The van der Waals surface area contributed by atoms with Gasteiger partial charge in [-0.25, -0.2) is 0 Å². The highest BCUT2D eigenvalue weighted by molar-refractivity contribution is 7.85. The Bertz CT molecular complexity index is 197. The molecule has 0 atom stereocenters. The lowest BCUT2D eigenvalue weighted by Crippen LogP contribution is -2.03. The Morgan fingerprint density at radius 1 is 1.08 bits per heavy atom. The molecular formula is C9H19O3S. The molecule has 0 aromatic carbocycles. The van der Waals surface area contributed by atoms with Crippen LogP contribution < -0.4 is 0 Å². The average molecular weight is 207 g/mol. The van der Waals surface area contributed by atoms with Crippen LogP contribution in [-0.4, -0.2) is 18.7 Å². The van der Waals surface area contributed by atoms with Crippen LogP contribution in [0.1, 0.15) is 45.4 Å². The summed E-state index contributed by atoms with van der Waals surface area (Å²) in [5.41, 5.74) is 0. The van der Waals surface area contributed by atoms with E-state index in [2.05, 4.69) is 6.42 Å². The van der Waals surface area contributed by atoms with Crippen molar-refractivity contribution in [2.45, 2.75) is 45.4 Å². The number of rotatable bonds is 8. The molecule has 0 aromatic rings. The third kappa shape index (κ3) is 11.9. The van der Waals surface area contributed by atoms with Crippen molar-refractivity contribution in [2.75, 3.05) is 5.75 Å². The molecule has 0 fully saturated rings. The molecule has 0 saturated heterocycles. The summed E-state index contributed by atoms with van der Waals surface area (Å²) < 4.78 is 29.1. The highest BCUT2D eigenvalue weighted by Gasteiger charge is 2.02. The molecule has 0 aliphatic carbocycles. The Kier molecular flexibility index (Phi) is 7.28. The van der Waals surface area contributed by atoms with Crippen molar-refractivity contribution < 1.29 is 13.0 Å². The first-order valence-electron chi connectivity index (χ1n) is 4.79. The zero-order valence-corrected chi connectivity index (χ0v) is 9.02. The largest absolute Gasteiger partial charge is 0.286 e. The van der Waals surface area contributed by atoms with Crippen molar-refractivity contribution in [3.8, 4) is 0 Å². The van der Waals surface area contributed by atoms with Crippen molar-refractivity contribution in [3.05, 3.63) is 6.42 Å². The normalized spacial score (nSPS) is 11.8. The molecule has 79 valence electrons. The van der Waals surface area contributed by atoms with Gasteiger partial charge in [0.15, 0.2) is 0 Å². The molecular weight excluding hydrogens is 188 g/mol. The fourth-order valence-corrected chi connectivity index (χ4v) is 1.73. The van der Waals surface area contributed by atoms with Crippen molar-refractivity contribution in [2.24, 2.45) is 0 Å². The maximum absolute atomic E-state index is 10.3. The van der Waals surface area contributed by atoms with Crippen LogP contribution in [-0.2, 0) is 10.1 Å². The van der Waals surface area contributed by atoms with E-state index < -0.39 is 10.1 Å². The Labute approximate surface area is 81.3 Å². The van der Waals surface area contributed by atoms with E-state index in [4.69, 9.17) is 4.55 Å². The molecule has 0 aliphatic rings. The van der Waals surface area contributed by atoms with Crippen molar-refractivity contribution >= 4 is 10.1 Å². The average Bonchev–Trinajstić information content (AvgIpc) is 2.01. The Morgan fingerprint density at radius 2 is 1.62 bits per heavy atom. The first kappa shape index (κ1) is 12.9. The van der Waals surface area contributed by atoms with Gasteiger partial charge in [-0.3, -0.25) is 4.55 Å². The van der Waals surface area contributed by atoms with E-state index in [0.29, 0.717) is 6.42 Å². The van der Waals surface area contributed by atoms with Crippen molar-refractivity contribution in [1.82, 2.24) is 0 Å². The van der Waals surface area contributed by atoms with Gasteiger partial charge in [0.1, 0.15) is 0 Å². The topological polar surface area (TPSA) is 54.4 Å². The van der Waals surface area contributed by atoms with Crippen LogP contribution in [0, 0.1) is 6.42 Å². The van der Waals surface area contributed by atoms with Gasteiger partial charge in [0.2, 0.25) is 0 Å². The van der Waals surface area contributed by atoms with Gasteiger partial charge < -0.3 is 0 Å². The van der Waals surface area contributed by atoms with Gasteiger partial charge in [0, 0.05) is 0 Å². The fraction of sp³-hybridized carbons (Fsp3) is 0.889. The van der Waals surface area contributed by atoms with Gasteiger partial charge in [-0.05, 0) is 12.8 Å². The van der Waals surface area contributed by atoms with E-state index in [1.165, 1.54) is 6.42 Å². The van der Waals surface area contributed by atoms with Crippen LogP contribution in [0.3, 0.4) is 0 Å². The summed E-state index contributed by atoms with van der Waals surface area (Å²) in [6.45, 7) is 2.04. The lowest BCUT2D eigenvalue weighted by atomic mass is 10.1. The highest BCUT2D eigenvalue weighted by Crippen LogP contribution is 2.06. The van der Waals surface area contributed by atoms with Crippen LogP contribution in [0.25, 0.3) is 0 Å². The third-order valence-corrected chi connectivity index (χ3v) is 2.70. The lowest BCUT2D eigenvalue weighted by Gasteiger charge is -1.99. The summed E-state index contributed by atoms with van der Waals surface area (Å²) in [6, 6.07) is 0. The first-order valence-corrected chi connectivity index (χ1v) is 6.40. The first-order chi connectivity index (χ1) is 6.06. The molecule has 0 aliphatic heterocycles. The monoisotopic (exact) mass is 207 g/mol. The van der Waals surface area contributed by atoms with Crippen molar-refractivity contribution in [3.63, 3.8) is 0 Å². The lowest BCUT2D eigenvalue weighted by molar-refractivity contribution is 0.479. The van der Waals surface area contributed by atoms with Crippen LogP contribution >= 0.6 is 0 Å². The quantitative estimate of drug-likeness (QED) is 0.491. The fourth-order valence-electron chi connectivity index (χ4n) is 1.16. The Hall–Kier alpha value is -0.0900. The van der Waals surface area contributed by atoms with Gasteiger partial charge in [-0.2, -0.15) is 8.42 Å². The van der Waals surface area contributed by atoms with E-state index in [9.17, 15) is 8.42 Å². The second kappa shape index (κ2) is 7.33. The standard InChI is InChI=1S/C9H19O3S/c1-2-3-4-5-6-7-8-9-13(10,11)12/h2H,3-9H2,1H3,(H,10,11,12). The molecule has 1 radical (unpaired) electrons. The molecule has 3 nitrogen and oxygen atoms in total. The molecule has 0 saturated carbocycles. The van der Waals surface area contributed by atoms with E-state index in [0.717, 1.165) is 25.7 Å². The van der Waals surface area contributed by atoms with Gasteiger partial charge in [0.05, 0.1) is 5.75 Å². The number of unbranched alkanes of at least 4 members (excludes halogenated alkanes) is 6. The molecule has 0 unspecified atom stereocenters. The molecule has 13 heavy (non-hydrogen) atoms. The van der Waals surface area contributed by atoms with Gasteiger partial charge in [-0.1, -0.05) is 39.0 Å². The van der Waals surface area contributed by atoms with Crippen LogP contribution in [0.5, 0.6) is 0 Å². The number of hydrogen-bond donors (Lipinski definition) is 1. The molecule has 0 heterocycles. The molecule has 0 amide bonds. The predicted octanol–water partition coefficient (Wildman–Crippen LogP) is 2.44. The van der Waals surface area contributed by atoms with E-state index in [1.807, 2.05) is 6.92 Å². The summed E-state index contributed by atoms with van der Waals surface area (Å²) in [4.78, 5) is 0. The maximum atomic E-state index is 10.3. The third-order valence-electron chi connectivity index (χ3n) is 1.90. The summed E-state index contributed by atoms with van der Waals surface area (Å²) in [5, 5.41) is 0. The number of hydrogen-bond acceptors (Lipinski definition) is 2. The second-order valence-corrected chi connectivity index (χ2v) is 4.82. The van der Waals surface area contributed by atoms with Crippen LogP contribution in [0.2, 0.25) is 0 Å². The molecule has 1 N–H and O–H groups in total. The van der Waals surface area contributed by atoms with Gasteiger partial charge in [0.25, 0.3) is 10.1 Å². The van der Waals surface area contributed by atoms with Gasteiger partial charge in [-0.15, -0.1) is 0 Å². The SMILES string of the molecule is C[CH]CCCCCCCS(=O)(=O)O. The van der Waals surface area contributed by atoms with E-state index in [1.54, 1.807) is 0 Å². The minimum Gasteiger partial charge on any atom is -0.286 e. The second-order valence-electron chi connectivity index (χ2n) is 3.25. The Balaban J connectivity index is 3.09. The van der Waals surface area contributed by atoms with E-state index >= 15 is 0 Å². The molecule has 0 aromatic heterocycles. The summed E-state index contributed by atoms with van der Waals surface area (Å²) in [7, 11) is -3.73. The summed E-state index contributed by atoms with van der Waals surface area (Å²) in [6.07, 6.45) is 8.14. The summed E-state index contributed by atoms with van der Waals surface area (Å²) in [5.74, 6) is -0.0904. The minimum atomic E-state index is -3.73. The molecule has 0 spiro atoms. The summed E-state index contributed by atoms with van der Waals surface area (Å²) >= 11 is 0. The molecule has 0 rings (SSSR count). The minimum absolute atomic E-state index is 0.0904. The van der Waals surface area contributed by atoms with Gasteiger partial charge >= 0.3 is 0 Å². The zero-order chi connectivity index (χ0) is 10.2. The molecule has 4 heteroatoms. The predicted molar refractivity (Wildman–Crippen MR) is 54.1 cm³/mol. The zero-order valence-electron chi connectivity index (χ0n) is 8.20. The molecule has 0 bridgehead atoms. The Morgan fingerprint density at radius 3 is 2.15 bits per heavy atom. The van der Waals surface area contributed by atoms with Crippen molar-refractivity contribution in [1.29, 1.82) is 0 Å². The maximum Gasteiger partial charge on any atom is 0.264 e. The van der Waals surface area contributed by atoms with Crippen LogP contribution in [0.15, 0.2) is 0 Å². The van der Waals surface area contributed by atoms with E-state index in [-0.39, 0.29) is 5.75 Å².